The topological polar surface area (TPSA) is 67.9 Å². The first kappa shape index (κ1) is 12.4. The van der Waals surface area contributed by atoms with Crippen LogP contribution in [0.4, 0.5) is 0 Å². The summed E-state index contributed by atoms with van der Waals surface area (Å²) in [6.45, 7) is 2.09. The van der Waals surface area contributed by atoms with Gasteiger partial charge in [-0.3, -0.25) is 9.67 Å². The Morgan fingerprint density at radius 3 is 2.90 bits per heavy atom. The maximum Gasteiger partial charge on any atom is 0.106 e. The number of nitrogens with zero attached hydrogens (tertiary/aromatic N) is 4. The number of aromatic nitrogens is 4. The van der Waals surface area contributed by atoms with Gasteiger partial charge in [0.25, 0.3) is 0 Å². The molecule has 3 aromatic rings. The number of rotatable bonds is 2. The fourth-order valence-corrected chi connectivity index (χ4v) is 2.91. The van der Waals surface area contributed by atoms with Crippen molar-refractivity contribution in [3.8, 4) is 11.1 Å². The van der Waals surface area contributed by atoms with E-state index in [1.807, 2.05) is 18.5 Å². The Bertz CT molecular complexity index is 769. The van der Waals surface area contributed by atoms with E-state index in [0.29, 0.717) is 11.6 Å². The molecule has 108 valence electrons. The first-order chi connectivity index (χ1) is 10.3. The van der Waals surface area contributed by atoms with Crippen molar-refractivity contribution >= 4 is 11.0 Å². The van der Waals surface area contributed by atoms with E-state index in [2.05, 4.69) is 26.3 Å². The summed E-state index contributed by atoms with van der Waals surface area (Å²) in [7, 11) is 0. The molecule has 4 heterocycles. The summed E-state index contributed by atoms with van der Waals surface area (Å²) in [4.78, 5) is 4.37. The second-order valence-corrected chi connectivity index (χ2v) is 5.48. The Balaban J connectivity index is 1.68. The van der Waals surface area contributed by atoms with Crippen molar-refractivity contribution in [3.05, 3.63) is 36.9 Å². The third-order valence-corrected chi connectivity index (χ3v) is 4.14. The Hall–Kier alpha value is -2.34. The summed E-state index contributed by atoms with van der Waals surface area (Å²) in [5.74, 6) is 0. The third-order valence-electron chi connectivity index (χ3n) is 4.14. The normalized spacial score (nSPS) is 16.6. The van der Waals surface area contributed by atoms with Crippen LogP contribution in [0.2, 0.25) is 0 Å². The lowest BCUT2D eigenvalue weighted by atomic mass is 10.1. The monoisotopic (exact) mass is 283 g/mol. The molecule has 0 saturated carbocycles. The molecule has 0 amide bonds. The fourth-order valence-electron chi connectivity index (χ4n) is 2.91. The molecule has 0 aliphatic carbocycles. The molecular weight excluding hydrogens is 266 g/mol. The van der Waals surface area contributed by atoms with E-state index in [4.69, 9.17) is 0 Å². The van der Waals surface area contributed by atoms with Crippen LogP contribution >= 0.6 is 0 Å². The molecule has 6 nitrogen and oxygen atoms in total. The van der Waals surface area contributed by atoms with E-state index < -0.39 is 0 Å². The first-order valence-electron chi connectivity index (χ1n) is 7.23. The highest BCUT2D eigenvalue weighted by molar-refractivity contribution is 5.80. The van der Waals surface area contributed by atoms with Crippen LogP contribution in [0, 0.1) is 0 Å². The average molecular weight is 283 g/mol. The van der Waals surface area contributed by atoms with Crippen molar-refractivity contribution in [2.45, 2.75) is 18.9 Å². The molecule has 0 bridgehead atoms. The van der Waals surface area contributed by atoms with E-state index >= 15 is 0 Å². The van der Waals surface area contributed by atoms with Crippen LogP contribution in [0.3, 0.4) is 0 Å². The summed E-state index contributed by atoms with van der Waals surface area (Å²) >= 11 is 0. The van der Waals surface area contributed by atoms with Gasteiger partial charge in [0.2, 0.25) is 0 Å². The SMILES string of the molecule is On1ccc2ncc(-c3cnn(C4CCNCC4)c3)cc21. The van der Waals surface area contributed by atoms with Gasteiger partial charge in [-0.05, 0) is 38.1 Å². The van der Waals surface area contributed by atoms with Crippen LogP contribution < -0.4 is 5.32 Å². The largest absolute Gasteiger partial charge is 0.428 e. The van der Waals surface area contributed by atoms with Crippen LogP contribution in [0.15, 0.2) is 36.9 Å². The Morgan fingerprint density at radius 1 is 1.19 bits per heavy atom. The summed E-state index contributed by atoms with van der Waals surface area (Å²) in [6.07, 6.45) is 9.58. The molecule has 0 aromatic carbocycles. The molecule has 0 radical (unpaired) electrons. The van der Waals surface area contributed by atoms with Crippen molar-refractivity contribution < 1.29 is 5.21 Å². The first-order valence-corrected chi connectivity index (χ1v) is 7.23. The number of piperidine rings is 1. The highest BCUT2D eigenvalue weighted by Gasteiger charge is 2.16. The quantitative estimate of drug-likeness (QED) is 0.706. The molecule has 3 aromatic heterocycles. The Morgan fingerprint density at radius 2 is 2.05 bits per heavy atom. The molecule has 21 heavy (non-hydrogen) atoms. The summed E-state index contributed by atoms with van der Waals surface area (Å²) < 4.78 is 3.15. The summed E-state index contributed by atoms with van der Waals surface area (Å²) in [5, 5.41) is 17.6. The molecule has 2 N–H and O–H groups in total. The smallest absolute Gasteiger partial charge is 0.106 e. The van der Waals surface area contributed by atoms with Gasteiger partial charge in [0.15, 0.2) is 0 Å². The van der Waals surface area contributed by atoms with Crippen molar-refractivity contribution in [2.75, 3.05) is 13.1 Å². The molecule has 1 saturated heterocycles. The molecule has 0 unspecified atom stereocenters. The molecule has 0 atom stereocenters. The van der Waals surface area contributed by atoms with Crippen LogP contribution in [-0.4, -0.2) is 37.8 Å². The lowest BCUT2D eigenvalue weighted by Gasteiger charge is -2.22. The molecular formula is C15H17N5O. The Labute approximate surface area is 122 Å². The number of pyridine rings is 1. The maximum atomic E-state index is 9.74. The van der Waals surface area contributed by atoms with Crippen molar-refractivity contribution in [3.63, 3.8) is 0 Å². The molecule has 1 aliphatic heterocycles. The fraction of sp³-hybridized carbons (Fsp3) is 0.333. The lowest BCUT2D eigenvalue weighted by molar-refractivity contribution is 0.200. The molecule has 1 fully saturated rings. The minimum absolute atomic E-state index is 0.471. The number of fused-ring (bicyclic) bond motifs is 1. The molecule has 6 heteroatoms. The van der Waals surface area contributed by atoms with Gasteiger partial charge in [-0.25, -0.2) is 0 Å². The maximum absolute atomic E-state index is 9.74. The van der Waals surface area contributed by atoms with Gasteiger partial charge >= 0.3 is 0 Å². The van der Waals surface area contributed by atoms with Crippen LogP contribution in [0.1, 0.15) is 18.9 Å². The summed E-state index contributed by atoms with van der Waals surface area (Å²) in [5.41, 5.74) is 3.50. The van der Waals surface area contributed by atoms with Crippen LogP contribution in [0.25, 0.3) is 22.2 Å². The van der Waals surface area contributed by atoms with Crippen molar-refractivity contribution in [1.82, 2.24) is 24.8 Å². The zero-order chi connectivity index (χ0) is 14.2. The van der Waals surface area contributed by atoms with Gasteiger partial charge in [0.1, 0.15) is 5.52 Å². The second kappa shape index (κ2) is 4.89. The lowest BCUT2D eigenvalue weighted by Crippen LogP contribution is -2.29. The van der Waals surface area contributed by atoms with Gasteiger partial charge in [0, 0.05) is 29.7 Å². The third kappa shape index (κ3) is 2.17. The van der Waals surface area contributed by atoms with Crippen molar-refractivity contribution in [2.24, 2.45) is 0 Å². The average Bonchev–Trinajstić information content (AvgIpc) is 3.16. The van der Waals surface area contributed by atoms with Gasteiger partial charge in [-0.15, -0.1) is 0 Å². The number of hydrogen-bond donors (Lipinski definition) is 2. The van der Waals surface area contributed by atoms with Gasteiger partial charge in [-0.1, -0.05) is 0 Å². The number of hydrogen-bond acceptors (Lipinski definition) is 4. The predicted octanol–water partition coefficient (Wildman–Crippen LogP) is 2.06. The van der Waals surface area contributed by atoms with E-state index in [1.165, 1.54) is 0 Å². The highest BCUT2D eigenvalue weighted by atomic mass is 16.5. The summed E-state index contributed by atoms with van der Waals surface area (Å²) in [6, 6.07) is 4.20. The van der Waals surface area contributed by atoms with E-state index in [9.17, 15) is 5.21 Å². The predicted molar refractivity (Wildman–Crippen MR) is 79.3 cm³/mol. The standard InChI is InChI=1S/C15H17N5O/c21-20-6-3-14-15(20)7-11(8-17-14)12-9-18-19(10-12)13-1-4-16-5-2-13/h3,6-10,13,16,21H,1-2,4-5H2. The Kier molecular flexibility index (Phi) is 2.89. The highest BCUT2D eigenvalue weighted by Crippen LogP contribution is 2.25. The van der Waals surface area contributed by atoms with Gasteiger partial charge < -0.3 is 10.5 Å². The zero-order valence-corrected chi connectivity index (χ0v) is 11.6. The van der Waals surface area contributed by atoms with Crippen molar-refractivity contribution in [1.29, 1.82) is 0 Å². The zero-order valence-electron chi connectivity index (χ0n) is 11.6. The van der Waals surface area contributed by atoms with Gasteiger partial charge in [0.05, 0.1) is 17.8 Å². The molecule has 1 aliphatic rings. The second-order valence-electron chi connectivity index (χ2n) is 5.48. The van der Waals surface area contributed by atoms with Crippen LogP contribution in [0.5, 0.6) is 0 Å². The van der Waals surface area contributed by atoms with Gasteiger partial charge in [-0.2, -0.15) is 9.83 Å². The minimum atomic E-state index is 0.471. The number of nitrogens with one attached hydrogen (secondary N) is 1. The molecule has 0 spiro atoms. The minimum Gasteiger partial charge on any atom is -0.428 e. The van der Waals surface area contributed by atoms with E-state index in [0.717, 1.165) is 47.3 Å². The molecule has 4 rings (SSSR count). The van der Waals surface area contributed by atoms with E-state index in [1.54, 1.807) is 12.3 Å². The van der Waals surface area contributed by atoms with E-state index in [-0.39, 0.29) is 0 Å². The van der Waals surface area contributed by atoms with Crippen LogP contribution in [-0.2, 0) is 0 Å².